The van der Waals surface area contributed by atoms with Gasteiger partial charge in [-0.25, -0.2) is 13.2 Å². The molecule has 2 aromatic carbocycles. The second kappa shape index (κ2) is 5.98. The average molecular weight is 342 g/mol. The Hall–Kier alpha value is -2.85. The monoisotopic (exact) mass is 342 g/mol. The Kier molecular flexibility index (Phi) is 3.99. The molecule has 3 rings (SSSR count). The van der Waals surface area contributed by atoms with Crippen molar-refractivity contribution in [2.45, 2.75) is 11.3 Å². The van der Waals surface area contributed by atoms with Gasteiger partial charge in [0.05, 0.1) is 34.9 Å². The Morgan fingerprint density at radius 2 is 2.04 bits per heavy atom. The van der Waals surface area contributed by atoms with Crippen LogP contribution >= 0.6 is 0 Å². The summed E-state index contributed by atoms with van der Waals surface area (Å²) < 4.78 is 31.7. The minimum Gasteiger partial charge on any atom is -0.465 e. The van der Waals surface area contributed by atoms with Crippen LogP contribution in [-0.2, 0) is 21.2 Å². The standard InChI is InChI=1S/C17H14N2O4S/c1-23-17(20)14-5-6-16-13(10-14)7-8-19(16)24(21,22)15-4-2-3-12(9-15)11-18/h2-6,9-10H,7-8H2,1H3. The second-order valence-electron chi connectivity index (χ2n) is 5.30. The van der Waals surface area contributed by atoms with Crippen molar-refractivity contribution in [1.82, 2.24) is 0 Å². The van der Waals surface area contributed by atoms with Gasteiger partial charge in [0.2, 0.25) is 0 Å². The largest absolute Gasteiger partial charge is 0.465 e. The molecular formula is C17H14N2O4S. The highest BCUT2D eigenvalue weighted by Crippen LogP contribution is 2.33. The predicted octanol–water partition coefficient (Wildman–Crippen LogP) is 2.10. The van der Waals surface area contributed by atoms with Gasteiger partial charge in [0, 0.05) is 6.54 Å². The summed E-state index contributed by atoms with van der Waals surface area (Å²) >= 11 is 0. The van der Waals surface area contributed by atoms with Crippen LogP contribution in [0, 0.1) is 11.3 Å². The predicted molar refractivity (Wildman–Crippen MR) is 87.2 cm³/mol. The molecule has 24 heavy (non-hydrogen) atoms. The van der Waals surface area contributed by atoms with E-state index in [9.17, 15) is 13.2 Å². The number of sulfonamides is 1. The van der Waals surface area contributed by atoms with E-state index < -0.39 is 16.0 Å². The number of ether oxygens (including phenoxy) is 1. The SMILES string of the molecule is COC(=O)c1ccc2c(c1)CCN2S(=O)(=O)c1cccc(C#N)c1. The zero-order valence-electron chi connectivity index (χ0n) is 12.9. The molecule has 0 atom stereocenters. The van der Waals surface area contributed by atoms with Crippen LogP contribution in [0.2, 0.25) is 0 Å². The number of rotatable bonds is 3. The number of benzene rings is 2. The molecular weight excluding hydrogens is 328 g/mol. The van der Waals surface area contributed by atoms with E-state index >= 15 is 0 Å². The van der Waals surface area contributed by atoms with Crippen molar-refractivity contribution < 1.29 is 17.9 Å². The average Bonchev–Trinajstić information content (AvgIpc) is 3.05. The molecule has 1 aliphatic rings. The zero-order valence-corrected chi connectivity index (χ0v) is 13.7. The highest BCUT2D eigenvalue weighted by molar-refractivity contribution is 7.92. The fourth-order valence-corrected chi connectivity index (χ4v) is 4.27. The Morgan fingerprint density at radius 1 is 1.25 bits per heavy atom. The third-order valence-corrected chi connectivity index (χ3v) is 5.71. The summed E-state index contributed by atoms with van der Waals surface area (Å²) in [5.74, 6) is -0.458. The van der Waals surface area contributed by atoms with Gasteiger partial charge >= 0.3 is 5.97 Å². The third kappa shape index (κ3) is 2.61. The van der Waals surface area contributed by atoms with E-state index in [-0.39, 0.29) is 10.5 Å². The Bertz CT molecular complexity index is 961. The molecule has 0 bridgehead atoms. The summed E-state index contributed by atoms with van der Waals surface area (Å²) in [6.45, 7) is 0.291. The van der Waals surface area contributed by atoms with Gasteiger partial charge < -0.3 is 4.74 Å². The van der Waals surface area contributed by atoms with Crippen molar-refractivity contribution in [3.05, 3.63) is 59.2 Å². The van der Waals surface area contributed by atoms with Crippen LogP contribution in [0.3, 0.4) is 0 Å². The highest BCUT2D eigenvalue weighted by atomic mass is 32.2. The first-order valence-electron chi connectivity index (χ1n) is 7.21. The number of fused-ring (bicyclic) bond motifs is 1. The molecule has 0 saturated carbocycles. The lowest BCUT2D eigenvalue weighted by Crippen LogP contribution is -2.29. The van der Waals surface area contributed by atoms with Crippen LogP contribution in [0.25, 0.3) is 0 Å². The first-order chi connectivity index (χ1) is 11.5. The maximum Gasteiger partial charge on any atom is 0.337 e. The van der Waals surface area contributed by atoms with Gasteiger partial charge in [-0.1, -0.05) is 6.07 Å². The molecule has 0 spiro atoms. The molecule has 0 radical (unpaired) electrons. The lowest BCUT2D eigenvalue weighted by atomic mass is 10.1. The number of carbonyl (C=O) groups excluding carboxylic acids is 1. The van der Waals surface area contributed by atoms with Crippen LogP contribution in [0.4, 0.5) is 5.69 Å². The minimum absolute atomic E-state index is 0.0754. The summed E-state index contributed by atoms with van der Waals surface area (Å²) in [5, 5.41) is 8.95. The number of hydrogen-bond acceptors (Lipinski definition) is 5. The fraction of sp³-hybridized carbons (Fsp3) is 0.176. The number of anilines is 1. The summed E-state index contributed by atoms with van der Waals surface area (Å²) in [6, 6.07) is 12.7. The van der Waals surface area contributed by atoms with Crippen LogP contribution in [0.5, 0.6) is 0 Å². The fourth-order valence-electron chi connectivity index (χ4n) is 2.72. The van der Waals surface area contributed by atoms with E-state index in [1.807, 2.05) is 6.07 Å². The molecule has 0 N–H and O–H groups in total. The lowest BCUT2D eigenvalue weighted by molar-refractivity contribution is 0.0600. The number of methoxy groups -OCH3 is 1. The molecule has 7 heteroatoms. The van der Waals surface area contributed by atoms with Crippen molar-refractivity contribution >= 4 is 21.7 Å². The molecule has 0 aliphatic carbocycles. The summed E-state index contributed by atoms with van der Waals surface area (Å²) in [5.41, 5.74) is 2.00. The van der Waals surface area contributed by atoms with Crippen molar-refractivity contribution in [3.63, 3.8) is 0 Å². The summed E-state index contributed by atoms with van der Waals surface area (Å²) in [4.78, 5) is 11.7. The summed E-state index contributed by atoms with van der Waals surface area (Å²) in [7, 11) is -2.46. The van der Waals surface area contributed by atoms with E-state index in [0.29, 0.717) is 24.2 Å². The molecule has 0 fully saturated rings. The van der Waals surface area contributed by atoms with E-state index in [1.54, 1.807) is 30.3 Å². The van der Waals surface area contributed by atoms with Gasteiger partial charge in [-0.2, -0.15) is 5.26 Å². The molecule has 1 aliphatic heterocycles. The Morgan fingerprint density at radius 3 is 2.75 bits per heavy atom. The zero-order chi connectivity index (χ0) is 17.3. The second-order valence-corrected chi connectivity index (χ2v) is 7.16. The van der Waals surface area contributed by atoms with Gasteiger partial charge in [-0.05, 0) is 48.4 Å². The molecule has 122 valence electrons. The van der Waals surface area contributed by atoms with Crippen LogP contribution in [0.1, 0.15) is 21.5 Å². The molecule has 2 aromatic rings. The molecule has 1 heterocycles. The van der Waals surface area contributed by atoms with E-state index in [1.165, 1.54) is 23.5 Å². The molecule has 6 nitrogen and oxygen atoms in total. The first-order valence-corrected chi connectivity index (χ1v) is 8.65. The van der Waals surface area contributed by atoms with Crippen LogP contribution in [-0.4, -0.2) is 28.0 Å². The maximum absolute atomic E-state index is 12.9. The van der Waals surface area contributed by atoms with Gasteiger partial charge in [-0.3, -0.25) is 4.31 Å². The quantitative estimate of drug-likeness (QED) is 0.797. The van der Waals surface area contributed by atoms with Crippen molar-refractivity contribution in [2.75, 3.05) is 18.0 Å². The Balaban J connectivity index is 2.01. The number of esters is 1. The maximum atomic E-state index is 12.9. The van der Waals surface area contributed by atoms with Crippen LogP contribution in [0.15, 0.2) is 47.4 Å². The molecule has 0 unspecified atom stereocenters. The van der Waals surface area contributed by atoms with Crippen LogP contribution < -0.4 is 4.31 Å². The number of nitriles is 1. The first kappa shape index (κ1) is 16.0. The summed E-state index contributed by atoms with van der Waals surface area (Å²) in [6.07, 6.45) is 0.511. The van der Waals surface area contributed by atoms with E-state index in [4.69, 9.17) is 5.26 Å². The van der Waals surface area contributed by atoms with E-state index in [2.05, 4.69) is 4.74 Å². The Labute approximate surface area is 139 Å². The topological polar surface area (TPSA) is 87.5 Å². The molecule has 0 saturated heterocycles. The number of nitrogens with zero attached hydrogens (tertiary/aromatic N) is 2. The molecule has 0 aromatic heterocycles. The van der Waals surface area contributed by atoms with Gasteiger partial charge in [0.1, 0.15) is 0 Å². The van der Waals surface area contributed by atoms with E-state index in [0.717, 1.165) is 5.56 Å². The van der Waals surface area contributed by atoms with Crippen molar-refractivity contribution in [3.8, 4) is 6.07 Å². The molecule has 0 amide bonds. The van der Waals surface area contributed by atoms with Gasteiger partial charge in [0.15, 0.2) is 0 Å². The normalized spacial score (nSPS) is 13.2. The van der Waals surface area contributed by atoms with Crippen molar-refractivity contribution in [2.24, 2.45) is 0 Å². The number of hydrogen-bond donors (Lipinski definition) is 0. The minimum atomic E-state index is -3.76. The smallest absolute Gasteiger partial charge is 0.337 e. The lowest BCUT2D eigenvalue weighted by Gasteiger charge is -2.19. The third-order valence-electron chi connectivity index (χ3n) is 3.90. The van der Waals surface area contributed by atoms with Gasteiger partial charge in [-0.15, -0.1) is 0 Å². The van der Waals surface area contributed by atoms with Gasteiger partial charge in [0.25, 0.3) is 10.0 Å². The highest BCUT2D eigenvalue weighted by Gasteiger charge is 2.31. The number of carbonyl (C=O) groups is 1. The van der Waals surface area contributed by atoms with Crippen molar-refractivity contribution in [1.29, 1.82) is 5.26 Å².